The van der Waals surface area contributed by atoms with Crippen molar-refractivity contribution in [3.63, 3.8) is 0 Å². The van der Waals surface area contributed by atoms with Crippen LogP contribution in [-0.2, 0) is 4.79 Å². The number of carbonyl (C=O) groups excluding carboxylic acids is 1. The predicted molar refractivity (Wildman–Crippen MR) is 75.3 cm³/mol. The zero-order chi connectivity index (χ0) is 14.4. The van der Waals surface area contributed by atoms with Crippen molar-refractivity contribution in [3.8, 4) is 17.2 Å². The molecule has 0 aliphatic rings. The van der Waals surface area contributed by atoms with Crippen LogP contribution in [0.4, 0.5) is 0 Å². The second-order valence-electron chi connectivity index (χ2n) is 4.23. The van der Waals surface area contributed by atoms with Gasteiger partial charge in [-0.3, -0.25) is 0 Å². The van der Waals surface area contributed by atoms with E-state index in [1.165, 1.54) is 7.11 Å². The molecule has 0 saturated carbocycles. The molecule has 0 bridgehead atoms. The average molecular weight is 272 g/mol. The summed E-state index contributed by atoms with van der Waals surface area (Å²) in [5, 5.41) is 0. The van der Waals surface area contributed by atoms with Gasteiger partial charge >= 0.3 is 5.97 Å². The summed E-state index contributed by atoms with van der Waals surface area (Å²) in [6.45, 7) is 1.83. The number of carbonyl (C=O) groups is 1. The minimum Gasteiger partial charge on any atom is -0.493 e. The van der Waals surface area contributed by atoms with Gasteiger partial charge in [0.2, 0.25) is 0 Å². The number of hydrogen-bond donors (Lipinski definition) is 0. The number of ether oxygens (including phenoxy) is 3. The van der Waals surface area contributed by atoms with Gasteiger partial charge in [0.1, 0.15) is 5.75 Å². The van der Waals surface area contributed by atoms with E-state index in [1.807, 2.05) is 31.2 Å². The summed E-state index contributed by atoms with van der Waals surface area (Å²) in [4.78, 5) is 11.7. The molecule has 0 aliphatic heterocycles. The SMILES string of the molecule is COc1ccccc1OC(=O)COc1ccc(C)cc1. The first-order valence-electron chi connectivity index (χ1n) is 6.22. The molecule has 0 aromatic heterocycles. The number of benzene rings is 2. The van der Waals surface area contributed by atoms with Crippen molar-refractivity contribution >= 4 is 5.97 Å². The largest absolute Gasteiger partial charge is 0.493 e. The summed E-state index contributed by atoms with van der Waals surface area (Å²) in [5.41, 5.74) is 1.13. The van der Waals surface area contributed by atoms with Crippen LogP contribution in [0.25, 0.3) is 0 Å². The number of hydrogen-bond acceptors (Lipinski definition) is 4. The van der Waals surface area contributed by atoms with E-state index in [-0.39, 0.29) is 6.61 Å². The average Bonchev–Trinajstić information content (AvgIpc) is 2.47. The Morgan fingerprint density at radius 1 is 1.00 bits per heavy atom. The Morgan fingerprint density at radius 2 is 1.65 bits per heavy atom. The molecule has 2 rings (SSSR count). The second-order valence-corrected chi connectivity index (χ2v) is 4.23. The summed E-state index contributed by atoms with van der Waals surface area (Å²) in [5.74, 6) is 1.05. The van der Waals surface area contributed by atoms with Crippen molar-refractivity contribution < 1.29 is 19.0 Å². The van der Waals surface area contributed by atoms with Gasteiger partial charge in [-0.05, 0) is 31.2 Å². The molecule has 2 aromatic rings. The Labute approximate surface area is 117 Å². The van der Waals surface area contributed by atoms with Gasteiger partial charge in [0, 0.05) is 0 Å². The zero-order valence-electron chi connectivity index (χ0n) is 11.5. The van der Waals surface area contributed by atoms with Crippen molar-refractivity contribution in [2.24, 2.45) is 0 Å². The first-order valence-corrected chi connectivity index (χ1v) is 6.22. The highest BCUT2D eigenvalue weighted by Crippen LogP contribution is 2.25. The topological polar surface area (TPSA) is 44.8 Å². The fourth-order valence-corrected chi connectivity index (χ4v) is 1.63. The maximum atomic E-state index is 11.7. The molecule has 0 saturated heterocycles. The highest BCUT2D eigenvalue weighted by atomic mass is 16.6. The molecular formula is C16H16O4. The third-order valence-electron chi connectivity index (χ3n) is 2.67. The van der Waals surface area contributed by atoms with Crippen LogP contribution in [0.1, 0.15) is 5.56 Å². The highest BCUT2D eigenvalue weighted by molar-refractivity contribution is 5.74. The lowest BCUT2D eigenvalue weighted by atomic mass is 10.2. The molecular weight excluding hydrogens is 256 g/mol. The molecule has 104 valence electrons. The van der Waals surface area contributed by atoms with Crippen molar-refractivity contribution in [3.05, 3.63) is 54.1 Å². The first kappa shape index (κ1) is 13.9. The molecule has 0 heterocycles. The van der Waals surface area contributed by atoms with Crippen LogP contribution in [-0.4, -0.2) is 19.7 Å². The smallest absolute Gasteiger partial charge is 0.349 e. The zero-order valence-corrected chi connectivity index (χ0v) is 11.5. The molecule has 0 fully saturated rings. The van der Waals surface area contributed by atoms with Crippen molar-refractivity contribution in [2.45, 2.75) is 6.92 Å². The summed E-state index contributed by atoms with van der Waals surface area (Å²) in [6.07, 6.45) is 0. The van der Waals surface area contributed by atoms with Crippen LogP contribution in [0, 0.1) is 6.92 Å². The maximum Gasteiger partial charge on any atom is 0.349 e. The fraction of sp³-hybridized carbons (Fsp3) is 0.188. The minimum absolute atomic E-state index is 0.152. The lowest BCUT2D eigenvalue weighted by molar-refractivity contribution is -0.136. The number of rotatable bonds is 5. The molecule has 2 aromatic carbocycles. The molecule has 0 spiro atoms. The second kappa shape index (κ2) is 6.61. The van der Waals surface area contributed by atoms with Gasteiger partial charge in [-0.25, -0.2) is 4.79 Å². The lowest BCUT2D eigenvalue weighted by Crippen LogP contribution is -2.18. The molecule has 0 unspecified atom stereocenters. The molecule has 0 atom stereocenters. The Morgan fingerprint density at radius 3 is 2.30 bits per heavy atom. The predicted octanol–water partition coefficient (Wildman–Crippen LogP) is 2.99. The maximum absolute atomic E-state index is 11.7. The normalized spacial score (nSPS) is 9.90. The lowest BCUT2D eigenvalue weighted by Gasteiger charge is -2.09. The van der Waals surface area contributed by atoms with Gasteiger partial charge in [0.05, 0.1) is 7.11 Å². The van der Waals surface area contributed by atoms with E-state index in [4.69, 9.17) is 14.2 Å². The molecule has 4 nitrogen and oxygen atoms in total. The van der Waals surface area contributed by atoms with E-state index in [0.717, 1.165) is 5.56 Å². The molecule has 0 N–H and O–H groups in total. The number of para-hydroxylation sites is 2. The van der Waals surface area contributed by atoms with Crippen LogP contribution >= 0.6 is 0 Å². The van der Waals surface area contributed by atoms with Crippen molar-refractivity contribution in [2.75, 3.05) is 13.7 Å². The standard InChI is InChI=1S/C16H16O4/c1-12-7-9-13(10-8-12)19-11-16(17)20-15-6-4-3-5-14(15)18-2/h3-10H,11H2,1-2H3. The summed E-state index contributed by atoms with van der Waals surface area (Å²) < 4.78 is 15.7. The molecule has 0 radical (unpaired) electrons. The van der Waals surface area contributed by atoms with Gasteiger partial charge in [-0.1, -0.05) is 29.8 Å². The molecule has 4 heteroatoms. The summed E-state index contributed by atoms with van der Waals surface area (Å²) in [7, 11) is 1.52. The first-order chi connectivity index (χ1) is 9.69. The minimum atomic E-state index is -0.477. The monoisotopic (exact) mass is 272 g/mol. The number of esters is 1. The third kappa shape index (κ3) is 3.75. The van der Waals surface area contributed by atoms with Gasteiger partial charge in [-0.2, -0.15) is 0 Å². The van der Waals surface area contributed by atoms with E-state index in [2.05, 4.69) is 0 Å². The number of aryl methyl sites for hydroxylation is 1. The molecule has 0 aliphatic carbocycles. The quantitative estimate of drug-likeness (QED) is 0.620. The van der Waals surface area contributed by atoms with Crippen LogP contribution in [0.3, 0.4) is 0 Å². The van der Waals surface area contributed by atoms with Gasteiger partial charge in [0.25, 0.3) is 0 Å². The van der Waals surface area contributed by atoms with Gasteiger partial charge in [-0.15, -0.1) is 0 Å². The van der Waals surface area contributed by atoms with E-state index in [0.29, 0.717) is 17.2 Å². The van der Waals surface area contributed by atoms with Crippen molar-refractivity contribution in [1.82, 2.24) is 0 Å². The Hall–Kier alpha value is -2.49. The Balaban J connectivity index is 1.91. The third-order valence-corrected chi connectivity index (χ3v) is 2.67. The van der Waals surface area contributed by atoms with Crippen LogP contribution in [0.2, 0.25) is 0 Å². The summed E-state index contributed by atoms with van der Waals surface area (Å²) in [6, 6.07) is 14.4. The van der Waals surface area contributed by atoms with E-state index in [9.17, 15) is 4.79 Å². The van der Waals surface area contributed by atoms with Gasteiger partial charge < -0.3 is 14.2 Å². The molecule has 0 amide bonds. The van der Waals surface area contributed by atoms with Crippen molar-refractivity contribution in [1.29, 1.82) is 0 Å². The van der Waals surface area contributed by atoms with E-state index in [1.54, 1.807) is 24.3 Å². The number of methoxy groups -OCH3 is 1. The van der Waals surface area contributed by atoms with E-state index < -0.39 is 5.97 Å². The highest BCUT2D eigenvalue weighted by Gasteiger charge is 2.10. The van der Waals surface area contributed by atoms with E-state index >= 15 is 0 Å². The summed E-state index contributed by atoms with van der Waals surface area (Å²) >= 11 is 0. The molecule has 20 heavy (non-hydrogen) atoms. The van der Waals surface area contributed by atoms with Crippen LogP contribution < -0.4 is 14.2 Å². The Bertz CT molecular complexity index is 575. The fourth-order valence-electron chi connectivity index (χ4n) is 1.63. The van der Waals surface area contributed by atoms with Crippen LogP contribution in [0.5, 0.6) is 17.2 Å². The van der Waals surface area contributed by atoms with Crippen LogP contribution in [0.15, 0.2) is 48.5 Å². The van der Waals surface area contributed by atoms with Gasteiger partial charge in [0.15, 0.2) is 18.1 Å². The Kier molecular flexibility index (Phi) is 4.60.